The van der Waals surface area contributed by atoms with Gasteiger partial charge in [0.15, 0.2) is 6.10 Å². The smallest absolute Gasteiger partial charge is 0.341 e. The Labute approximate surface area is 183 Å². The first-order valence-electron chi connectivity index (χ1n) is 9.16. The van der Waals surface area contributed by atoms with Crippen LogP contribution >= 0.6 is 23.4 Å². The Balaban J connectivity index is 1.58. The predicted octanol–water partition coefficient (Wildman–Crippen LogP) is 4.19. The van der Waals surface area contributed by atoms with Gasteiger partial charge in [-0.15, -0.1) is 0 Å². The van der Waals surface area contributed by atoms with E-state index < -0.39 is 18.0 Å². The third-order valence-corrected chi connectivity index (χ3v) is 5.50. The summed E-state index contributed by atoms with van der Waals surface area (Å²) in [6.07, 6.45) is 0.614. The summed E-state index contributed by atoms with van der Waals surface area (Å²) in [6.45, 7) is 3.57. The molecule has 0 saturated heterocycles. The summed E-state index contributed by atoms with van der Waals surface area (Å²) in [6, 6.07) is 12.3. The lowest BCUT2D eigenvalue weighted by Crippen LogP contribution is -2.35. The highest BCUT2D eigenvalue weighted by Gasteiger charge is 2.21. The van der Waals surface area contributed by atoms with E-state index in [2.05, 4.69) is 15.5 Å². The number of aryl methyl sites for hydroxylation is 1. The number of esters is 1. The van der Waals surface area contributed by atoms with Crippen molar-refractivity contribution in [1.82, 2.24) is 15.5 Å². The van der Waals surface area contributed by atoms with Crippen molar-refractivity contribution in [3.8, 4) is 0 Å². The number of pyridine rings is 1. The number of benzene rings is 1. The molecule has 1 unspecified atom stereocenters. The van der Waals surface area contributed by atoms with Crippen molar-refractivity contribution in [1.29, 1.82) is 0 Å². The van der Waals surface area contributed by atoms with E-state index in [1.165, 1.54) is 18.7 Å². The monoisotopic (exact) mass is 445 g/mol. The minimum atomic E-state index is -0.976. The number of thioether (sulfide) groups is 1. The summed E-state index contributed by atoms with van der Waals surface area (Å²) in [5, 5.41) is 7.70. The molecule has 0 aliphatic rings. The fraction of sp³-hybridized carbons (Fsp3) is 0.238. The van der Waals surface area contributed by atoms with Crippen LogP contribution in [0.1, 0.15) is 34.3 Å². The number of nitrogens with zero attached hydrogens (tertiary/aromatic N) is 2. The maximum Gasteiger partial charge on any atom is 0.341 e. The molecule has 2 heterocycles. The highest BCUT2D eigenvalue weighted by molar-refractivity contribution is 7.98. The summed E-state index contributed by atoms with van der Waals surface area (Å²) in [4.78, 5) is 29.2. The van der Waals surface area contributed by atoms with Crippen molar-refractivity contribution in [3.63, 3.8) is 0 Å². The van der Waals surface area contributed by atoms with Crippen LogP contribution in [0.5, 0.6) is 0 Å². The molecule has 156 valence electrons. The van der Waals surface area contributed by atoms with E-state index >= 15 is 0 Å². The number of rotatable bonds is 8. The molecule has 0 aliphatic heterocycles. The van der Waals surface area contributed by atoms with Crippen LogP contribution in [0.2, 0.25) is 5.02 Å². The highest BCUT2D eigenvalue weighted by atomic mass is 35.5. The highest BCUT2D eigenvalue weighted by Crippen LogP contribution is 2.25. The number of hydrogen-bond acceptors (Lipinski definition) is 7. The minimum Gasteiger partial charge on any atom is -0.449 e. The molecule has 1 aromatic carbocycles. The molecule has 3 aromatic rings. The fourth-order valence-electron chi connectivity index (χ4n) is 2.53. The van der Waals surface area contributed by atoms with Gasteiger partial charge in [0.25, 0.3) is 5.91 Å². The maximum absolute atomic E-state index is 12.6. The summed E-state index contributed by atoms with van der Waals surface area (Å²) < 4.78 is 10.4. The van der Waals surface area contributed by atoms with Crippen LogP contribution in [-0.2, 0) is 21.8 Å². The van der Waals surface area contributed by atoms with E-state index in [1.54, 1.807) is 24.4 Å². The molecular formula is C21H20ClN3O4S. The topological polar surface area (TPSA) is 94.3 Å². The van der Waals surface area contributed by atoms with E-state index in [-0.39, 0.29) is 12.1 Å². The number of nitrogens with one attached hydrogen (secondary N) is 1. The lowest BCUT2D eigenvalue weighted by molar-refractivity contribution is -0.129. The Bertz CT molecular complexity index is 1040. The van der Waals surface area contributed by atoms with Gasteiger partial charge in [-0.3, -0.25) is 4.79 Å². The van der Waals surface area contributed by atoms with Crippen molar-refractivity contribution < 1.29 is 18.8 Å². The standard InChI is InChI=1S/C21H20ClN3O4S/c1-13-10-16(25-29-13)12-30-20-17(7-5-9-23-20)21(27)28-14(2)19(26)24-11-15-6-3-4-8-18(15)22/h3-10,14H,11-12H2,1-2H3,(H,24,26). The first-order chi connectivity index (χ1) is 14.4. The number of halogens is 1. The molecule has 0 saturated carbocycles. The Kier molecular flexibility index (Phi) is 7.48. The van der Waals surface area contributed by atoms with E-state index in [1.807, 2.05) is 31.2 Å². The van der Waals surface area contributed by atoms with Gasteiger partial charge in [-0.2, -0.15) is 0 Å². The van der Waals surface area contributed by atoms with Gasteiger partial charge < -0.3 is 14.6 Å². The van der Waals surface area contributed by atoms with E-state index in [0.29, 0.717) is 21.6 Å². The van der Waals surface area contributed by atoms with Crippen molar-refractivity contribution >= 4 is 35.2 Å². The van der Waals surface area contributed by atoms with Gasteiger partial charge in [0, 0.05) is 29.6 Å². The van der Waals surface area contributed by atoms with E-state index in [9.17, 15) is 9.59 Å². The zero-order valence-electron chi connectivity index (χ0n) is 16.4. The molecule has 0 bridgehead atoms. The second-order valence-corrected chi connectivity index (χ2v) is 7.80. The largest absolute Gasteiger partial charge is 0.449 e. The molecule has 2 aromatic heterocycles. The van der Waals surface area contributed by atoms with Crippen LogP contribution in [0.15, 0.2) is 58.2 Å². The number of carbonyl (C=O) groups is 2. The van der Waals surface area contributed by atoms with Crippen LogP contribution in [0.4, 0.5) is 0 Å². The van der Waals surface area contributed by atoms with Crippen molar-refractivity contribution in [2.45, 2.75) is 37.3 Å². The van der Waals surface area contributed by atoms with Gasteiger partial charge in [0.1, 0.15) is 10.8 Å². The molecule has 0 aliphatic carbocycles. The third kappa shape index (κ3) is 5.84. The SMILES string of the molecule is Cc1cc(CSc2ncccc2C(=O)OC(C)C(=O)NCc2ccccc2Cl)no1. The predicted molar refractivity (Wildman–Crippen MR) is 113 cm³/mol. The summed E-state index contributed by atoms with van der Waals surface area (Å²) in [5.74, 6) is 0.160. The van der Waals surface area contributed by atoms with Gasteiger partial charge in [0.2, 0.25) is 0 Å². The molecule has 0 radical (unpaired) electrons. The molecule has 1 atom stereocenters. The zero-order chi connectivity index (χ0) is 21.5. The third-order valence-electron chi connectivity index (χ3n) is 4.09. The van der Waals surface area contributed by atoms with E-state index in [0.717, 1.165) is 11.3 Å². The molecule has 9 heteroatoms. The number of aromatic nitrogens is 2. The van der Waals surface area contributed by atoms with Crippen molar-refractivity contribution in [2.24, 2.45) is 0 Å². The zero-order valence-corrected chi connectivity index (χ0v) is 18.0. The molecule has 3 rings (SSSR count). The fourth-order valence-corrected chi connectivity index (χ4v) is 3.60. The number of amides is 1. The second-order valence-electron chi connectivity index (χ2n) is 6.43. The molecule has 0 fully saturated rings. The summed E-state index contributed by atoms with van der Waals surface area (Å²) >= 11 is 7.42. The quantitative estimate of drug-likeness (QED) is 0.410. The molecule has 1 amide bonds. The second kappa shape index (κ2) is 10.3. The normalized spacial score (nSPS) is 11.7. The lowest BCUT2D eigenvalue weighted by atomic mass is 10.2. The Morgan fingerprint density at radius 1 is 1.27 bits per heavy atom. The number of ether oxygens (including phenoxy) is 1. The van der Waals surface area contributed by atoms with Gasteiger partial charge in [-0.1, -0.05) is 46.7 Å². The van der Waals surface area contributed by atoms with E-state index in [4.69, 9.17) is 20.9 Å². The van der Waals surface area contributed by atoms with Crippen LogP contribution in [0.25, 0.3) is 0 Å². The lowest BCUT2D eigenvalue weighted by Gasteiger charge is -2.15. The minimum absolute atomic E-state index is 0.242. The van der Waals surface area contributed by atoms with Gasteiger partial charge >= 0.3 is 5.97 Å². The number of hydrogen-bond donors (Lipinski definition) is 1. The van der Waals surface area contributed by atoms with Crippen molar-refractivity contribution in [2.75, 3.05) is 0 Å². The first-order valence-corrected chi connectivity index (χ1v) is 10.5. The Morgan fingerprint density at radius 2 is 2.07 bits per heavy atom. The summed E-state index contributed by atoms with van der Waals surface area (Å²) in [7, 11) is 0. The maximum atomic E-state index is 12.6. The Hall–Kier alpha value is -2.84. The van der Waals surface area contributed by atoms with Crippen molar-refractivity contribution in [3.05, 3.63) is 76.3 Å². The summed E-state index contributed by atoms with van der Waals surface area (Å²) in [5.41, 5.74) is 1.81. The average Bonchev–Trinajstić information content (AvgIpc) is 3.16. The number of carbonyl (C=O) groups excluding carboxylic acids is 2. The Morgan fingerprint density at radius 3 is 2.80 bits per heavy atom. The molecule has 0 spiro atoms. The van der Waals surface area contributed by atoms with Crippen LogP contribution in [0, 0.1) is 6.92 Å². The van der Waals surface area contributed by atoms with Gasteiger partial charge in [-0.25, -0.2) is 9.78 Å². The van der Waals surface area contributed by atoms with Crippen LogP contribution < -0.4 is 5.32 Å². The molecule has 7 nitrogen and oxygen atoms in total. The van der Waals surface area contributed by atoms with Crippen LogP contribution in [-0.4, -0.2) is 28.1 Å². The first kappa shape index (κ1) is 21.9. The molecule has 1 N–H and O–H groups in total. The van der Waals surface area contributed by atoms with Crippen LogP contribution in [0.3, 0.4) is 0 Å². The van der Waals surface area contributed by atoms with Gasteiger partial charge in [-0.05, 0) is 37.6 Å². The molecular weight excluding hydrogens is 426 g/mol. The average molecular weight is 446 g/mol. The van der Waals surface area contributed by atoms with Gasteiger partial charge in [0.05, 0.1) is 11.3 Å². The molecule has 30 heavy (non-hydrogen) atoms.